The molecular weight excluding hydrogens is 336 g/mol. The highest BCUT2D eigenvalue weighted by Gasteiger charge is 2.26. The van der Waals surface area contributed by atoms with Gasteiger partial charge in [-0.15, -0.1) is 0 Å². The van der Waals surface area contributed by atoms with Crippen molar-refractivity contribution in [3.8, 4) is 11.1 Å². The largest absolute Gasteiger partial charge is 0.346 e. The number of hydrogen-bond acceptors (Lipinski definition) is 2. The van der Waals surface area contributed by atoms with Gasteiger partial charge in [-0.1, -0.05) is 55.2 Å². The Hall–Kier alpha value is -2.88. The van der Waals surface area contributed by atoms with Gasteiger partial charge in [-0.2, -0.15) is 0 Å². The summed E-state index contributed by atoms with van der Waals surface area (Å²) in [6, 6.07) is 15.9. The summed E-state index contributed by atoms with van der Waals surface area (Å²) in [5.74, 6) is -0.971. The molecule has 0 unspecified atom stereocenters. The highest BCUT2D eigenvalue weighted by molar-refractivity contribution is 6.43. The van der Waals surface area contributed by atoms with Gasteiger partial charge in [0, 0.05) is 23.3 Å². The Morgan fingerprint density at radius 2 is 1.74 bits per heavy atom. The van der Waals surface area contributed by atoms with Crippen LogP contribution in [0.2, 0.25) is 0 Å². The third-order valence-electron chi connectivity index (χ3n) is 5.40. The quantitative estimate of drug-likeness (QED) is 0.548. The van der Waals surface area contributed by atoms with E-state index in [1.54, 1.807) is 0 Å². The molecule has 1 N–H and O–H groups in total. The van der Waals surface area contributed by atoms with Gasteiger partial charge in [-0.25, -0.2) is 0 Å². The number of nitrogens with zero attached hydrogens (tertiary/aromatic N) is 1. The van der Waals surface area contributed by atoms with Crippen LogP contribution in [0.1, 0.15) is 48.2 Å². The lowest BCUT2D eigenvalue weighted by Crippen LogP contribution is -2.40. The van der Waals surface area contributed by atoms with Crippen LogP contribution in [0.25, 0.3) is 16.6 Å². The number of benzene rings is 1. The lowest BCUT2D eigenvalue weighted by atomic mass is 9.95. The predicted molar refractivity (Wildman–Crippen MR) is 107 cm³/mol. The van der Waals surface area contributed by atoms with E-state index >= 15 is 0 Å². The van der Waals surface area contributed by atoms with Crippen LogP contribution < -0.4 is 5.32 Å². The van der Waals surface area contributed by atoms with Gasteiger partial charge < -0.3 is 9.72 Å². The van der Waals surface area contributed by atoms with Gasteiger partial charge in [0.05, 0.1) is 0 Å². The fraction of sp³-hybridized carbons (Fsp3) is 0.304. The van der Waals surface area contributed by atoms with E-state index < -0.39 is 11.7 Å². The summed E-state index contributed by atoms with van der Waals surface area (Å²) in [6.45, 7) is 2.03. The average Bonchev–Trinajstić information content (AvgIpc) is 3.08. The Morgan fingerprint density at radius 3 is 2.48 bits per heavy atom. The number of aromatic nitrogens is 1. The number of Topliss-reactive ketones (excluding diaryl/α,β-unsaturated/α-hetero) is 1. The molecule has 0 spiro atoms. The van der Waals surface area contributed by atoms with Crippen molar-refractivity contribution in [2.75, 3.05) is 0 Å². The van der Waals surface area contributed by atoms with Crippen LogP contribution in [0.15, 0.2) is 54.7 Å². The smallest absolute Gasteiger partial charge is 0.294 e. The molecule has 1 aliphatic carbocycles. The van der Waals surface area contributed by atoms with Crippen LogP contribution >= 0.6 is 0 Å². The van der Waals surface area contributed by atoms with Crippen molar-refractivity contribution in [1.29, 1.82) is 0 Å². The summed E-state index contributed by atoms with van der Waals surface area (Å²) in [6.07, 6.45) is 7.19. The molecule has 4 nitrogen and oxygen atoms in total. The molecule has 3 aromatic rings. The summed E-state index contributed by atoms with van der Waals surface area (Å²) in [5, 5.41) is 2.96. The molecule has 4 rings (SSSR count). The number of fused-ring (bicyclic) bond motifs is 1. The Balaban J connectivity index is 1.72. The molecule has 1 saturated carbocycles. The molecule has 138 valence electrons. The first-order chi connectivity index (χ1) is 13.1. The van der Waals surface area contributed by atoms with Gasteiger partial charge in [0.2, 0.25) is 0 Å². The van der Waals surface area contributed by atoms with Crippen molar-refractivity contribution in [3.05, 3.63) is 66.0 Å². The van der Waals surface area contributed by atoms with Crippen LogP contribution in [0, 0.1) is 6.92 Å². The van der Waals surface area contributed by atoms with Crippen LogP contribution in [-0.4, -0.2) is 22.1 Å². The average molecular weight is 360 g/mol. The fourth-order valence-electron chi connectivity index (χ4n) is 3.91. The van der Waals surface area contributed by atoms with Gasteiger partial charge in [0.1, 0.15) is 5.69 Å². The van der Waals surface area contributed by atoms with Gasteiger partial charge in [-0.3, -0.25) is 9.59 Å². The molecule has 1 amide bonds. The van der Waals surface area contributed by atoms with Crippen LogP contribution in [0.3, 0.4) is 0 Å². The monoisotopic (exact) mass is 360 g/mol. The number of ketones is 1. The van der Waals surface area contributed by atoms with Gasteiger partial charge in [0.15, 0.2) is 0 Å². The third kappa shape index (κ3) is 3.52. The second-order valence-electron chi connectivity index (χ2n) is 7.41. The lowest BCUT2D eigenvalue weighted by Gasteiger charge is -2.22. The van der Waals surface area contributed by atoms with Crippen molar-refractivity contribution in [1.82, 2.24) is 9.72 Å². The number of hydrogen-bond donors (Lipinski definition) is 1. The van der Waals surface area contributed by atoms with E-state index in [4.69, 9.17) is 0 Å². The highest BCUT2D eigenvalue weighted by atomic mass is 16.2. The van der Waals surface area contributed by atoms with Gasteiger partial charge in [0.25, 0.3) is 11.7 Å². The molecule has 0 aliphatic heterocycles. The minimum atomic E-state index is -0.501. The van der Waals surface area contributed by atoms with Crippen molar-refractivity contribution in [2.45, 2.75) is 45.1 Å². The van der Waals surface area contributed by atoms with Crippen LogP contribution in [0.4, 0.5) is 0 Å². The molecule has 1 aliphatic rings. The fourth-order valence-corrected chi connectivity index (χ4v) is 3.91. The first kappa shape index (κ1) is 17.5. The topological polar surface area (TPSA) is 50.6 Å². The van der Waals surface area contributed by atoms with E-state index in [2.05, 4.69) is 5.32 Å². The van der Waals surface area contributed by atoms with Gasteiger partial charge in [-0.05, 0) is 43.5 Å². The maximum atomic E-state index is 13.1. The zero-order valence-corrected chi connectivity index (χ0v) is 15.6. The van der Waals surface area contributed by atoms with Crippen molar-refractivity contribution >= 4 is 17.2 Å². The number of carbonyl (C=O) groups is 2. The summed E-state index contributed by atoms with van der Waals surface area (Å²) < 4.78 is 1.82. The minimum Gasteiger partial charge on any atom is -0.346 e. The van der Waals surface area contributed by atoms with Crippen molar-refractivity contribution in [3.63, 3.8) is 0 Å². The number of rotatable bonds is 4. The number of nitrogens with one attached hydrogen (secondary N) is 1. The number of amides is 1. The molecule has 0 saturated heterocycles. The standard InChI is InChI=1S/C23H24N2O2/c1-16-10-12-17(13-11-16)20-15-19-9-5-6-14-25(19)21(20)22(26)23(27)24-18-7-3-2-4-8-18/h5-6,9-15,18H,2-4,7-8H2,1H3,(H,24,27). The first-order valence-corrected chi connectivity index (χ1v) is 9.66. The van der Waals surface area contributed by atoms with E-state index in [0.29, 0.717) is 5.69 Å². The minimum absolute atomic E-state index is 0.115. The molecule has 4 heteroatoms. The normalized spacial score (nSPS) is 15.0. The molecule has 0 atom stereocenters. The molecular formula is C23H24N2O2. The molecule has 0 radical (unpaired) electrons. The number of aryl methyl sites for hydroxylation is 1. The van der Waals surface area contributed by atoms with Crippen molar-refractivity contribution < 1.29 is 9.59 Å². The van der Waals surface area contributed by atoms with E-state index in [-0.39, 0.29) is 6.04 Å². The zero-order chi connectivity index (χ0) is 18.8. The van der Waals surface area contributed by atoms with Gasteiger partial charge >= 0.3 is 0 Å². The molecule has 27 heavy (non-hydrogen) atoms. The third-order valence-corrected chi connectivity index (χ3v) is 5.40. The molecule has 1 aromatic carbocycles. The molecule has 0 bridgehead atoms. The number of pyridine rings is 1. The predicted octanol–water partition coefficient (Wildman–Crippen LogP) is 4.55. The Bertz CT molecular complexity index is 979. The Kier molecular flexibility index (Phi) is 4.80. The second-order valence-corrected chi connectivity index (χ2v) is 7.41. The summed E-state index contributed by atoms with van der Waals surface area (Å²) >= 11 is 0. The molecule has 1 fully saturated rings. The second kappa shape index (κ2) is 7.39. The SMILES string of the molecule is Cc1ccc(-c2cc3ccccn3c2C(=O)C(=O)NC2CCCCC2)cc1. The first-order valence-electron chi connectivity index (χ1n) is 9.66. The summed E-state index contributed by atoms with van der Waals surface area (Å²) in [4.78, 5) is 25.8. The Labute approximate surface area is 159 Å². The van der Waals surface area contributed by atoms with E-state index in [1.807, 2.05) is 66.1 Å². The van der Waals surface area contributed by atoms with Crippen LogP contribution in [0.5, 0.6) is 0 Å². The molecule has 2 aromatic heterocycles. The van der Waals surface area contributed by atoms with E-state index in [0.717, 1.165) is 47.9 Å². The molecule has 2 heterocycles. The van der Waals surface area contributed by atoms with Crippen LogP contribution in [-0.2, 0) is 4.79 Å². The summed E-state index contributed by atoms with van der Waals surface area (Å²) in [5.41, 5.74) is 4.23. The maximum Gasteiger partial charge on any atom is 0.294 e. The highest BCUT2D eigenvalue weighted by Crippen LogP contribution is 2.29. The maximum absolute atomic E-state index is 13.1. The van der Waals surface area contributed by atoms with E-state index in [9.17, 15) is 9.59 Å². The lowest BCUT2D eigenvalue weighted by molar-refractivity contribution is -0.117. The Morgan fingerprint density at radius 1 is 1.00 bits per heavy atom. The number of carbonyl (C=O) groups excluding carboxylic acids is 2. The van der Waals surface area contributed by atoms with E-state index in [1.165, 1.54) is 6.42 Å². The zero-order valence-electron chi connectivity index (χ0n) is 15.6. The van der Waals surface area contributed by atoms with Crippen molar-refractivity contribution in [2.24, 2.45) is 0 Å². The summed E-state index contributed by atoms with van der Waals surface area (Å²) in [7, 11) is 0.